The Labute approximate surface area is 163 Å². The van der Waals surface area contributed by atoms with Crippen molar-refractivity contribution in [3.63, 3.8) is 0 Å². The van der Waals surface area contributed by atoms with Crippen molar-refractivity contribution >= 4 is 22.4 Å². The molecule has 5 nitrogen and oxygen atoms in total. The van der Waals surface area contributed by atoms with Gasteiger partial charge >= 0.3 is 0 Å². The summed E-state index contributed by atoms with van der Waals surface area (Å²) in [7, 11) is 1.85. The van der Waals surface area contributed by atoms with Gasteiger partial charge in [0, 0.05) is 24.7 Å². The van der Waals surface area contributed by atoms with E-state index < -0.39 is 0 Å². The first kappa shape index (κ1) is 16.7. The average molecular weight is 368 g/mol. The SMILES string of the molecule is Cc1nnc(-c2ccccc2)n1C1Cc2c(ccc3ccccc23)N(C)C1=O. The van der Waals surface area contributed by atoms with Gasteiger partial charge in [0.05, 0.1) is 0 Å². The lowest BCUT2D eigenvalue weighted by Gasteiger charge is -2.33. The molecule has 1 aliphatic rings. The molecule has 2 heterocycles. The highest BCUT2D eigenvalue weighted by atomic mass is 16.2. The summed E-state index contributed by atoms with van der Waals surface area (Å²) in [6.45, 7) is 1.91. The number of carbonyl (C=O) groups is 1. The Morgan fingerprint density at radius 1 is 0.929 bits per heavy atom. The molecule has 1 aromatic heterocycles. The molecule has 1 unspecified atom stereocenters. The van der Waals surface area contributed by atoms with Crippen LogP contribution in [0.15, 0.2) is 66.7 Å². The summed E-state index contributed by atoms with van der Waals surface area (Å²) in [4.78, 5) is 15.1. The van der Waals surface area contributed by atoms with E-state index in [0.29, 0.717) is 6.42 Å². The molecule has 5 rings (SSSR count). The highest BCUT2D eigenvalue weighted by molar-refractivity contribution is 6.03. The van der Waals surface area contributed by atoms with E-state index in [1.54, 1.807) is 4.90 Å². The smallest absolute Gasteiger partial charge is 0.250 e. The normalized spacial score (nSPS) is 16.4. The van der Waals surface area contributed by atoms with Crippen LogP contribution in [-0.4, -0.2) is 27.7 Å². The monoisotopic (exact) mass is 368 g/mol. The third-order valence-electron chi connectivity index (χ3n) is 5.60. The first-order valence-corrected chi connectivity index (χ1v) is 9.40. The topological polar surface area (TPSA) is 51.0 Å². The van der Waals surface area contributed by atoms with Gasteiger partial charge in [-0.25, -0.2) is 0 Å². The van der Waals surface area contributed by atoms with E-state index in [2.05, 4.69) is 28.4 Å². The molecule has 4 aromatic rings. The standard InChI is InChI=1S/C23H20N4O/c1-15-24-25-22(17-9-4-3-5-10-17)27(15)21-14-19-18-11-7-6-8-16(18)12-13-20(19)26(2)23(21)28/h3-13,21H,14H2,1-2H3. The van der Waals surface area contributed by atoms with Gasteiger partial charge in [0.1, 0.15) is 11.9 Å². The van der Waals surface area contributed by atoms with Crippen molar-refractivity contribution in [2.24, 2.45) is 0 Å². The first-order chi connectivity index (χ1) is 13.6. The second-order valence-corrected chi connectivity index (χ2v) is 7.21. The van der Waals surface area contributed by atoms with Crippen molar-refractivity contribution in [2.45, 2.75) is 19.4 Å². The number of aryl methyl sites for hydroxylation is 1. The number of fused-ring (bicyclic) bond motifs is 3. The highest BCUT2D eigenvalue weighted by Gasteiger charge is 2.35. The Morgan fingerprint density at radius 2 is 1.68 bits per heavy atom. The summed E-state index contributed by atoms with van der Waals surface area (Å²) in [5, 5.41) is 11.0. The van der Waals surface area contributed by atoms with E-state index in [-0.39, 0.29) is 11.9 Å². The number of benzene rings is 3. The minimum absolute atomic E-state index is 0.0582. The summed E-state index contributed by atoms with van der Waals surface area (Å²) in [5.74, 6) is 1.53. The number of hydrogen-bond acceptors (Lipinski definition) is 3. The van der Waals surface area contributed by atoms with E-state index >= 15 is 0 Å². The van der Waals surface area contributed by atoms with Crippen LogP contribution in [0.3, 0.4) is 0 Å². The van der Waals surface area contributed by atoms with Gasteiger partial charge in [-0.1, -0.05) is 60.7 Å². The Morgan fingerprint density at radius 3 is 2.50 bits per heavy atom. The number of hydrogen-bond donors (Lipinski definition) is 0. The Bertz CT molecular complexity index is 1200. The van der Waals surface area contributed by atoms with E-state index in [9.17, 15) is 4.79 Å². The predicted octanol–water partition coefficient (Wildman–Crippen LogP) is 4.17. The van der Waals surface area contributed by atoms with Crippen LogP contribution in [0.25, 0.3) is 22.2 Å². The molecule has 5 heteroatoms. The summed E-state index contributed by atoms with van der Waals surface area (Å²) >= 11 is 0. The average Bonchev–Trinajstić information content (AvgIpc) is 3.12. The Balaban J connectivity index is 1.69. The van der Waals surface area contributed by atoms with Crippen LogP contribution in [0.5, 0.6) is 0 Å². The largest absolute Gasteiger partial charge is 0.313 e. The quantitative estimate of drug-likeness (QED) is 0.534. The zero-order chi connectivity index (χ0) is 19.3. The molecular weight excluding hydrogens is 348 g/mol. The minimum atomic E-state index is -0.367. The number of likely N-dealkylation sites (N-methyl/N-ethyl adjacent to an activating group) is 1. The van der Waals surface area contributed by atoms with Crippen LogP contribution < -0.4 is 4.90 Å². The Kier molecular flexibility index (Phi) is 3.76. The fourth-order valence-electron chi connectivity index (χ4n) is 4.20. The van der Waals surface area contributed by atoms with Gasteiger partial charge in [-0.2, -0.15) is 0 Å². The maximum absolute atomic E-state index is 13.3. The second-order valence-electron chi connectivity index (χ2n) is 7.21. The second kappa shape index (κ2) is 6.30. The zero-order valence-electron chi connectivity index (χ0n) is 15.8. The number of carbonyl (C=O) groups excluding carboxylic acids is 1. The van der Waals surface area contributed by atoms with E-state index in [4.69, 9.17) is 0 Å². The summed E-state index contributed by atoms with van der Waals surface area (Å²) < 4.78 is 1.98. The zero-order valence-corrected chi connectivity index (χ0v) is 15.8. The maximum Gasteiger partial charge on any atom is 0.250 e. The van der Waals surface area contributed by atoms with Crippen molar-refractivity contribution in [3.8, 4) is 11.4 Å². The van der Waals surface area contributed by atoms with Crippen LogP contribution >= 0.6 is 0 Å². The summed E-state index contributed by atoms with van der Waals surface area (Å²) in [6, 6.07) is 22.0. The highest BCUT2D eigenvalue weighted by Crippen LogP contribution is 2.38. The van der Waals surface area contributed by atoms with Crippen molar-refractivity contribution in [1.82, 2.24) is 14.8 Å². The summed E-state index contributed by atoms with van der Waals surface area (Å²) in [5.41, 5.74) is 3.13. The molecule has 0 spiro atoms. The van der Waals surface area contributed by atoms with Gasteiger partial charge in [-0.15, -0.1) is 10.2 Å². The van der Waals surface area contributed by atoms with Crippen LogP contribution in [0.4, 0.5) is 5.69 Å². The lowest BCUT2D eigenvalue weighted by atomic mass is 9.92. The van der Waals surface area contributed by atoms with Gasteiger partial charge in [0.2, 0.25) is 5.91 Å². The molecule has 28 heavy (non-hydrogen) atoms. The molecule has 0 bridgehead atoms. The van der Waals surface area contributed by atoms with Crippen molar-refractivity contribution in [3.05, 3.63) is 78.1 Å². The van der Waals surface area contributed by atoms with Crippen LogP contribution in [0, 0.1) is 6.92 Å². The third-order valence-corrected chi connectivity index (χ3v) is 5.60. The number of rotatable bonds is 2. The molecule has 0 saturated heterocycles. The van der Waals surface area contributed by atoms with Crippen molar-refractivity contribution in [2.75, 3.05) is 11.9 Å². The van der Waals surface area contributed by atoms with Gasteiger partial charge in [0.15, 0.2) is 5.82 Å². The Hall–Kier alpha value is -3.47. The fourth-order valence-corrected chi connectivity index (χ4v) is 4.20. The first-order valence-electron chi connectivity index (χ1n) is 9.40. The number of amides is 1. The summed E-state index contributed by atoms with van der Waals surface area (Å²) in [6.07, 6.45) is 0.624. The predicted molar refractivity (Wildman–Crippen MR) is 110 cm³/mol. The molecular formula is C23H20N4O. The molecule has 0 saturated carbocycles. The van der Waals surface area contributed by atoms with E-state index in [0.717, 1.165) is 22.9 Å². The molecule has 0 radical (unpaired) electrons. The lowest BCUT2D eigenvalue weighted by molar-refractivity contribution is -0.121. The van der Waals surface area contributed by atoms with Crippen molar-refractivity contribution in [1.29, 1.82) is 0 Å². The van der Waals surface area contributed by atoms with Gasteiger partial charge < -0.3 is 4.90 Å². The van der Waals surface area contributed by atoms with Gasteiger partial charge in [0.25, 0.3) is 0 Å². The molecule has 1 amide bonds. The van der Waals surface area contributed by atoms with Crippen LogP contribution in [-0.2, 0) is 11.2 Å². The minimum Gasteiger partial charge on any atom is -0.313 e. The molecule has 0 N–H and O–H groups in total. The van der Waals surface area contributed by atoms with Gasteiger partial charge in [-0.05, 0) is 29.3 Å². The third kappa shape index (κ3) is 2.43. The van der Waals surface area contributed by atoms with Crippen molar-refractivity contribution < 1.29 is 4.79 Å². The van der Waals surface area contributed by atoms with Crippen LogP contribution in [0.1, 0.15) is 17.4 Å². The molecule has 1 aliphatic heterocycles. The maximum atomic E-state index is 13.3. The fraction of sp³-hybridized carbons (Fsp3) is 0.174. The van der Waals surface area contributed by atoms with Crippen LogP contribution in [0.2, 0.25) is 0 Å². The molecule has 138 valence electrons. The molecule has 1 atom stereocenters. The number of aromatic nitrogens is 3. The molecule has 3 aromatic carbocycles. The molecule has 0 aliphatic carbocycles. The van der Waals surface area contributed by atoms with E-state index in [1.165, 1.54) is 16.3 Å². The number of nitrogens with zero attached hydrogens (tertiary/aromatic N) is 4. The number of anilines is 1. The molecule has 0 fully saturated rings. The van der Waals surface area contributed by atoms with Gasteiger partial charge in [-0.3, -0.25) is 9.36 Å². The lowest BCUT2D eigenvalue weighted by Crippen LogP contribution is -2.40. The van der Waals surface area contributed by atoms with E-state index in [1.807, 2.05) is 67.1 Å².